The molecule has 0 saturated carbocycles. The Morgan fingerprint density at radius 2 is 1.33 bits per heavy atom. The van der Waals surface area contributed by atoms with E-state index in [0.29, 0.717) is 18.6 Å². The number of alkyl halides is 7. The molecule has 0 saturated heterocycles. The topological polar surface area (TPSA) is 9.23 Å². The Balaban J connectivity index is 2.88. The van der Waals surface area contributed by atoms with Crippen LogP contribution in [0.2, 0.25) is 0 Å². The molecule has 1 nitrogen and oxygen atoms in total. The number of unbranched alkanes of at least 4 members (excludes halogenated alkanes) is 2. The van der Waals surface area contributed by atoms with Gasteiger partial charge in [0.1, 0.15) is 5.75 Å². The number of benzene rings is 1. The highest BCUT2D eigenvalue weighted by Gasteiger charge is 2.37. The van der Waals surface area contributed by atoms with E-state index in [4.69, 9.17) is 4.74 Å². The van der Waals surface area contributed by atoms with Crippen molar-refractivity contribution in [2.45, 2.75) is 31.6 Å². The molecule has 0 bridgehead atoms. The average Bonchev–Trinajstić information content (AvgIpc) is 2.36. The van der Waals surface area contributed by atoms with E-state index < -0.39 is 29.2 Å². The second-order valence-corrected chi connectivity index (χ2v) is 5.13. The summed E-state index contributed by atoms with van der Waals surface area (Å²) < 4.78 is 80.6. The highest BCUT2D eigenvalue weighted by atomic mass is 79.9. The summed E-state index contributed by atoms with van der Waals surface area (Å²) in [5.74, 6) is -0.420. The Morgan fingerprint density at radius 3 is 1.76 bits per heavy atom. The highest BCUT2D eigenvalue weighted by Crippen LogP contribution is 2.38. The van der Waals surface area contributed by atoms with Crippen molar-refractivity contribution in [2.24, 2.45) is 0 Å². The third-order valence-corrected chi connectivity index (χ3v) is 3.17. The van der Waals surface area contributed by atoms with E-state index in [0.717, 1.165) is 18.2 Å². The predicted molar refractivity (Wildman–Crippen MR) is 69.6 cm³/mol. The molecule has 0 aliphatic rings. The van der Waals surface area contributed by atoms with Crippen LogP contribution in [0.5, 0.6) is 5.75 Å². The molecule has 0 N–H and O–H groups in total. The Kier molecular flexibility index (Phi) is 6.37. The maximum atomic E-state index is 12.6. The Morgan fingerprint density at radius 1 is 0.810 bits per heavy atom. The van der Waals surface area contributed by atoms with Crippen LogP contribution in [0.15, 0.2) is 18.2 Å². The normalized spacial score (nSPS) is 12.5. The molecule has 0 aliphatic carbocycles. The van der Waals surface area contributed by atoms with E-state index in [1.165, 1.54) is 0 Å². The van der Waals surface area contributed by atoms with Gasteiger partial charge in [0.15, 0.2) is 0 Å². The van der Waals surface area contributed by atoms with Crippen LogP contribution in [0.25, 0.3) is 0 Å². The molecule has 0 radical (unpaired) electrons. The Labute approximate surface area is 126 Å². The molecule has 0 aromatic heterocycles. The van der Waals surface area contributed by atoms with E-state index >= 15 is 0 Å². The second-order valence-electron chi connectivity index (χ2n) is 4.34. The van der Waals surface area contributed by atoms with E-state index in [1.807, 2.05) is 0 Å². The molecule has 0 heterocycles. The second kappa shape index (κ2) is 7.38. The number of hydrogen-bond donors (Lipinski definition) is 0. The third kappa shape index (κ3) is 6.15. The van der Waals surface area contributed by atoms with Gasteiger partial charge < -0.3 is 4.74 Å². The lowest BCUT2D eigenvalue weighted by molar-refractivity contribution is -0.143. The Bertz CT molecular complexity index is 423. The van der Waals surface area contributed by atoms with E-state index in [1.54, 1.807) is 0 Å². The molecule has 0 amide bonds. The van der Waals surface area contributed by atoms with Gasteiger partial charge in [-0.05, 0) is 37.5 Å². The van der Waals surface area contributed by atoms with Crippen molar-refractivity contribution in [3.63, 3.8) is 0 Å². The van der Waals surface area contributed by atoms with Gasteiger partial charge in [-0.1, -0.05) is 15.9 Å². The maximum absolute atomic E-state index is 12.6. The molecule has 0 aliphatic heterocycles. The van der Waals surface area contributed by atoms with Gasteiger partial charge in [-0.3, -0.25) is 0 Å². The smallest absolute Gasteiger partial charge is 0.416 e. The highest BCUT2D eigenvalue weighted by molar-refractivity contribution is 9.09. The summed E-state index contributed by atoms with van der Waals surface area (Å²) in [6, 6.07) is 1.25. The fourth-order valence-corrected chi connectivity index (χ4v) is 1.97. The van der Waals surface area contributed by atoms with Crippen LogP contribution in [0.4, 0.5) is 26.3 Å². The fourth-order valence-electron chi connectivity index (χ4n) is 1.57. The largest absolute Gasteiger partial charge is 0.494 e. The first kappa shape index (κ1) is 18.1. The minimum Gasteiger partial charge on any atom is -0.494 e. The van der Waals surface area contributed by atoms with Crippen LogP contribution >= 0.6 is 15.9 Å². The standard InChI is InChI=1S/C13H13BrF6O/c14-4-2-1-3-5-21-11-7-9(12(15,16)17)6-10(8-11)13(18,19)20/h6-8H,1-5H2. The van der Waals surface area contributed by atoms with Crippen molar-refractivity contribution < 1.29 is 31.1 Å². The van der Waals surface area contributed by atoms with E-state index in [-0.39, 0.29) is 12.7 Å². The molecular weight excluding hydrogens is 366 g/mol. The van der Waals surface area contributed by atoms with Gasteiger partial charge >= 0.3 is 12.4 Å². The van der Waals surface area contributed by atoms with Crippen LogP contribution in [0.3, 0.4) is 0 Å². The SMILES string of the molecule is FC(F)(F)c1cc(OCCCCCBr)cc(C(F)(F)F)c1. The molecule has 0 unspecified atom stereocenters. The van der Waals surface area contributed by atoms with Gasteiger partial charge in [0, 0.05) is 5.33 Å². The summed E-state index contributed by atoms with van der Waals surface area (Å²) in [5, 5.41) is 0.786. The van der Waals surface area contributed by atoms with Gasteiger partial charge in [-0.2, -0.15) is 26.3 Å². The zero-order valence-electron chi connectivity index (χ0n) is 10.8. The van der Waals surface area contributed by atoms with Gasteiger partial charge in [-0.15, -0.1) is 0 Å². The minimum atomic E-state index is -4.85. The van der Waals surface area contributed by atoms with Gasteiger partial charge in [0.2, 0.25) is 0 Å². The molecule has 0 spiro atoms. The number of halogens is 7. The number of hydrogen-bond acceptors (Lipinski definition) is 1. The zero-order chi connectivity index (χ0) is 16.1. The number of ether oxygens (including phenoxy) is 1. The van der Waals surface area contributed by atoms with Crippen LogP contribution in [-0.4, -0.2) is 11.9 Å². The molecule has 0 fully saturated rings. The van der Waals surface area contributed by atoms with Crippen LogP contribution in [0, 0.1) is 0 Å². The molecule has 120 valence electrons. The molecule has 1 aromatic carbocycles. The summed E-state index contributed by atoms with van der Waals surface area (Å²) in [4.78, 5) is 0. The molecular formula is C13H13BrF6O. The fraction of sp³-hybridized carbons (Fsp3) is 0.538. The van der Waals surface area contributed by atoms with Gasteiger partial charge in [0.05, 0.1) is 17.7 Å². The van der Waals surface area contributed by atoms with Crippen LogP contribution < -0.4 is 4.74 Å². The van der Waals surface area contributed by atoms with Crippen molar-refractivity contribution in [3.8, 4) is 5.75 Å². The van der Waals surface area contributed by atoms with Gasteiger partial charge in [0.25, 0.3) is 0 Å². The minimum absolute atomic E-state index is 0.0750. The lowest BCUT2D eigenvalue weighted by atomic mass is 10.1. The quantitative estimate of drug-likeness (QED) is 0.352. The molecule has 21 heavy (non-hydrogen) atoms. The lowest BCUT2D eigenvalue weighted by Gasteiger charge is -2.14. The zero-order valence-corrected chi connectivity index (χ0v) is 12.4. The molecule has 8 heteroatoms. The first-order valence-corrected chi connectivity index (χ1v) is 7.25. The summed E-state index contributed by atoms with van der Waals surface area (Å²) in [6.45, 7) is 0.0750. The predicted octanol–water partition coefficient (Wildman–Crippen LogP) is 5.67. The Hall–Kier alpha value is -0.920. The summed E-state index contributed by atoms with van der Waals surface area (Å²) in [7, 11) is 0. The van der Waals surface area contributed by atoms with Crippen molar-refractivity contribution in [1.82, 2.24) is 0 Å². The summed E-state index contributed by atoms with van der Waals surface area (Å²) in [5.41, 5.74) is -2.74. The average molecular weight is 379 g/mol. The van der Waals surface area contributed by atoms with Crippen molar-refractivity contribution in [1.29, 1.82) is 0 Å². The van der Waals surface area contributed by atoms with Crippen molar-refractivity contribution >= 4 is 15.9 Å². The first-order valence-electron chi connectivity index (χ1n) is 6.13. The maximum Gasteiger partial charge on any atom is 0.416 e. The van der Waals surface area contributed by atoms with Crippen molar-refractivity contribution in [2.75, 3.05) is 11.9 Å². The van der Waals surface area contributed by atoms with Gasteiger partial charge in [-0.25, -0.2) is 0 Å². The molecule has 0 atom stereocenters. The number of rotatable bonds is 6. The monoisotopic (exact) mass is 378 g/mol. The summed E-state index contributed by atoms with van der Waals surface area (Å²) in [6.07, 6.45) is -7.51. The van der Waals surface area contributed by atoms with E-state index in [9.17, 15) is 26.3 Å². The lowest BCUT2D eigenvalue weighted by Crippen LogP contribution is -2.11. The molecule has 1 aromatic rings. The van der Waals surface area contributed by atoms with Crippen LogP contribution in [0.1, 0.15) is 30.4 Å². The third-order valence-electron chi connectivity index (χ3n) is 2.61. The van der Waals surface area contributed by atoms with Crippen molar-refractivity contribution in [3.05, 3.63) is 29.3 Å². The first-order chi connectivity index (χ1) is 9.64. The summed E-state index contributed by atoms with van der Waals surface area (Å²) >= 11 is 3.22. The van der Waals surface area contributed by atoms with Crippen LogP contribution in [-0.2, 0) is 12.4 Å². The molecule has 1 rings (SSSR count). The van der Waals surface area contributed by atoms with E-state index in [2.05, 4.69) is 15.9 Å².